The van der Waals surface area contributed by atoms with Crippen molar-refractivity contribution in [3.8, 4) is 11.4 Å². The summed E-state index contributed by atoms with van der Waals surface area (Å²) in [5.41, 5.74) is 11.3. The number of nitrogens with zero attached hydrogens (tertiary/aromatic N) is 2. The van der Waals surface area contributed by atoms with Crippen LogP contribution in [-0.2, 0) is 0 Å². The van der Waals surface area contributed by atoms with Gasteiger partial charge in [-0.2, -0.15) is 0 Å². The van der Waals surface area contributed by atoms with E-state index in [1.54, 1.807) is 0 Å². The number of para-hydroxylation sites is 4. The van der Waals surface area contributed by atoms with Crippen molar-refractivity contribution in [2.75, 3.05) is 0 Å². The van der Waals surface area contributed by atoms with Crippen LogP contribution in [0.4, 0.5) is 0 Å². The lowest BCUT2D eigenvalue weighted by molar-refractivity contribution is 1.15. The van der Waals surface area contributed by atoms with Gasteiger partial charge in [-0.1, -0.05) is 199 Å². The molecule has 0 spiro atoms. The van der Waals surface area contributed by atoms with Crippen LogP contribution in [0.3, 0.4) is 0 Å². The summed E-state index contributed by atoms with van der Waals surface area (Å²) in [4.78, 5) is 0. The second-order valence-electron chi connectivity index (χ2n) is 15.5. The van der Waals surface area contributed by atoms with Gasteiger partial charge in [0.25, 0.3) is 0 Å². The first-order valence-corrected chi connectivity index (χ1v) is 22.2. The molecule has 0 saturated carbocycles. The number of hydrogen-bond acceptors (Lipinski definition) is 0. The van der Waals surface area contributed by atoms with Crippen LogP contribution in [0.15, 0.2) is 224 Å². The fourth-order valence-corrected chi connectivity index (χ4v) is 15.8. The lowest BCUT2D eigenvalue weighted by Crippen LogP contribution is -2.86. The zero-order valence-electron chi connectivity index (χ0n) is 31.8. The molecule has 0 radical (unpaired) electrons. The van der Waals surface area contributed by atoms with Gasteiger partial charge in [0.2, 0.25) is 6.71 Å². The van der Waals surface area contributed by atoms with Crippen molar-refractivity contribution >= 4 is 95.5 Å². The minimum Gasteiger partial charge on any atom is -0.310 e. The van der Waals surface area contributed by atoms with Crippen molar-refractivity contribution in [3.63, 3.8) is 0 Å². The Bertz CT molecular complexity index is 3040. The maximum Gasteiger partial charge on any atom is 0.246 e. The van der Waals surface area contributed by atoms with Gasteiger partial charge in [0, 0.05) is 32.9 Å². The quantitative estimate of drug-likeness (QED) is 0.158. The molecule has 4 heteroatoms. The number of rotatable bonds is 5. The van der Waals surface area contributed by atoms with Crippen LogP contribution in [0.25, 0.3) is 55.0 Å². The molecule has 0 saturated heterocycles. The summed E-state index contributed by atoms with van der Waals surface area (Å²) in [6.45, 7) is -0.0773. The maximum absolute atomic E-state index is 2.81. The molecule has 12 rings (SSSR count). The Kier molecular flexibility index (Phi) is 7.38. The molecule has 0 amide bonds. The van der Waals surface area contributed by atoms with Crippen LogP contribution in [0, 0.1) is 0 Å². The summed E-state index contributed by atoms with van der Waals surface area (Å²) in [6.07, 6.45) is 0. The highest BCUT2D eigenvalue weighted by Gasteiger charge is 2.50. The summed E-state index contributed by atoms with van der Waals surface area (Å²) in [5, 5.41) is 10.7. The molecule has 3 heterocycles. The van der Waals surface area contributed by atoms with E-state index in [2.05, 4.69) is 234 Å². The van der Waals surface area contributed by atoms with Crippen LogP contribution in [0.1, 0.15) is 0 Å². The van der Waals surface area contributed by atoms with E-state index in [4.69, 9.17) is 0 Å². The second-order valence-corrected chi connectivity index (χ2v) is 19.3. The van der Waals surface area contributed by atoms with E-state index in [1.807, 2.05) is 0 Å². The van der Waals surface area contributed by atoms with Crippen molar-refractivity contribution in [1.29, 1.82) is 0 Å². The van der Waals surface area contributed by atoms with E-state index in [9.17, 15) is 0 Å². The monoisotopic (exact) mass is 752 g/mol. The highest BCUT2D eigenvalue weighted by atomic mass is 28.3. The summed E-state index contributed by atoms with van der Waals surface area (Å²) < 4.78 is 5.08. The van der Waals surface area contributed by atoms with Crippen molar-refractivity contribution in [2.45, 2.75) is 0 Å². The SMILES string of the molecule is c1ccc([Si]2(c3ccccc3)c3ccccc3B(c3c(-n4c5ccccc5c5ccccc54)cccc3-n3c4ccccc4c4ccccc43)c3ccccc32)cc1. The largest absolute Gasteiger partial charge is 0.310 e. The summed E-state index contributed by atoms with van der Waals surface area (Å²) in [5.74, 6) is 0. The molecule has 0 fully saturated rings. The van der Waals surface area contributed by atoms with Crippen molar-refractivity contribution < 1.29 is 0 Å². The maximum atomic E-state index is 2.54. The molecule has 0 N–H and O–H groups in total. The topological polar surface area (TPSA) is 9.86 Å². The van der Waals surface area contributed by atoms with Crippen LogP contribution < -0.4 is 37.1 Å². The summed E-state index contributed by atoms with van der Waals surface area (Å²) in [7, 11) is -2.81. The zero-order chi connectivity index (χ0) is 38.2. The molecule has 0 bridgehead atoms. The average Bonchev–Trinajstić information content (AvgIpc) is 3.82. The van der Waals surface area contributed by atoms with E-state index >= 15 is 0 Å². The molecule has 1 aliphatic heterocycles. The van der Waals surface area contributed by atoms with E-state index in [0.717, 1.165) is 0 Å². The van der Waals surface area contributed by atoms with Crippen molar-refractivity contribution in [2.24, 2.45) is 0 Å². The van der Waals surface area contributed by atoms with Gasteiger partial charge in [-0.25, -0.2) is 0 Å². The first kappa shape index (κ1) is 33.0. The van der Waals surface area contributed by atoms with Crippen molar-refractivity contribution in [1.82, 2.24) is 9.13 Å². The van der Waals surface area contributed by atoms with Crippen LogP contribution in [-0.4, -0.2) is 23.9 Å². The lowest BCUT2D eigenvalue weighted by atomic mass is 9.35. The van der Waals surface area contributed by atoms with Crippen LogP contribution in [0.2, 0.25) is 0 Å². The third-order valence-corrected chi connectivity index (χ3v) is 17.7. The Hall–Kier alpha value is -7.14. The van der Waals surface area contributed by atoms with E-state index < -0.39 is 8.07 Å². The molecule has 0 aliphatic carbocycles. The van der Waals surface area contributed by atoms with Crippen LogP contribution in [0.5, 0.6) is 0 Å². The molecule has 2 aromatic heterocycles. The predicted molar refractivity (Wildman–Crippen MR) is 250 cm³/mol. The van der Waals surface area contributed by atoms with Gasteiger partial charge in [0.15, 0.2) is 8.07 Å². The van der Waals surface area contributed by atoms with Gasteiger partial charge in [-0.05, 0) is 62.6 Å². The zero-order valence-corrected chi connectivity index (χ0v) is 32.8. The molecule has 2 nitrogen and oxygen atoms in total. The summed E-state index contributed by atoms with van der Waals surface area (Å²) in [6, 6.07) is 84.2. The highest BCUT2D eigenvalue weighted by molar-refractivity contribution is 7.26. The fourth-order valence-electron chi connectivity index (χ4n) is 10.6. The Labute approximate surface area is 339 Å². The standard InChI is InChI=1S/C54H37BN2Si/c1-3-20-38(21-4-1)58(39-22-5-2-6-23-39)52-36-17-11-28-44(52)55(45-29-12-18-37-53(45)58)54-50(56-46-30-13-7-24-40(46)41-25-8-14-31-47(41)56)34-19-35-51(54)57-48-32-15-9-26-42(48)43-27-10-16-33-49(43)57/h1-37H. The van der Waals surface area contributed by atoms with Gasteiger partial charge in [0.1, 0.15) is 0 Å². The Morgan fingerprint density at radius 3 is 1.02 bits per heavy atom. The van der Waals surface area contributed by atoms with Gasteiger partial charge in [0.05, 0.1) is 22.1 Å². The molecular weight excluding hydrogens is 716 g/mol. The molecule has 0 unspecified atom stereocenters. The molecule has 58 heavy (non-hydrogen) atoms. The van der Waals surface area contributed by atoms with Gasteiger partial charge >= 0.3 is 0 Å². The van der Waals surface area contributed by atoms with Gasteiger partial charge in [-0.3, -0.25) is 0 Å². The van der Waals surface area contributed by atoms with Gasteiger partial charge in [-0.15, -0.1) is 0 Å². The third kappa shape index (κ3) is 4.55. The minimum absolute atomic E-state index is 0.0773. The Morgan fingerprint density at radius 1 is 0.293 bits per heavy atom. The number of benzene rings is 9. The fraction of sp³-hybridized carbons (Fsp3) is 0. The first-order chi connectivity index (χ1) is 28.8. The Balaban J connectivity index is 1.28. The number of aromatic nitrogens is 2. The molecule has 1 aliphatic rings. The van der Waals surface area contributed by atoms with E-state index in [-0.39, 0.29) is 6.71 Å². The molecule has 270 valence electrons. The van der Waals surface area contributed by atoms with Gasteiger partial charge < -0.3 is 9.13 Å². The number of fused-ring (bicyclic) bond motifs is 8. The minimum atomic E-state index is -2.81. The molecule has 9 aromatic carbocycles. The average molecular weight is 753 g/mol. The molecular formula is C54H37BN2Si. The number of hydrogen-bond donors (Lipinski definition) is 0. The van der Waals surface area contributed by atoms with Crippen molar-refractivity contribution in [3.05, 3.63) is 224 Å². The van der Waals surface area contributed by atoms with Crippen LogP contribution >= 0.6 is 0 Å². The van der Waals surface area contributed by atoms with E-state index in [1.165, 1.54) is 92.1 Å². The lowest BCUT2D eigenvalue weighted by Gasteiger charge is -2.43. The Morgan fingerprint density at radius 2 is 0.621 bits per heavy atom. The highest BCUT2D eigenvalue weighted by Crippen LogP contribution is 2.35. The van der Waals surface area contributed by atoms with E-state index in [0.29, 0.717) is 0 Å². The predicted octanol–water partition coefficient (Wildman–Crippen LogP) is 8.09. The summed E-state index contributed by atoms with van der Waals surface area (Å²) >= 11 is 0. The smallest absolute Gasteiger partial charge is 0.246 e. The molecule has 0 atom stereocenters. The normalized spacial score (nSPS) is 13.3. The first-order valence-electron chi connectivity index (χ1n) is 20.2. The second kappa shape index (κ2) is 13.0. The molecule has 11 aromatic rings. The third-order valence-electron chi connectivity index (χ3n) is 12.8.